The molecule has 0 aliphatic rings. The molecule has 0 aliphatic heterocycles. The molecule has 2 rings (SSSR count). The SMILES string of the molecule is CC.Cc1[nH]nc2cc(F)c(OC(C)C)cc12. The Kier molecular flexibility index (Phi) is 4.49. The Labute approximate surface area is 101 Å². The van der Waals surface area contributed by atoms with Gasteiger partial charge in [0.2, 0.25) is 0 Å². The van der Waals surface area contributed by atoms with Crippen molar-refractivity contribution >= 4 is 10.9 Å². The number of rotatable bonds is 2. The van der Waals surface area contributed by atoms with E-state index in [1.54, 1.807) is 6.07 Å². The van der Waals surface area contributed by atoms with E-state index in [4.69, 9.17) is 4.74 Å². The molecule has 17 heavy (non-hydrogen) atoms. The van der Waals surface area contributed by atoms with Crippen molar-refractivity contribution in [3.63, 3.8) is 0 Å². The molecule has 0 amide bonds. The summed E-state index contributed by atoms with van der Waals surface area (Å²) in [6, 6.07) is 3.07. The molecule has 2 aromatic rings. The van der Waals surface area contributed by atoms with Crippen LogP contribution >= 0.6 is 0 Å². The van der Waals surface area contributed by atoms with Crippen molar-refractivity contribution < 1.29 is 9.13 Å². The fourth-order valence-electron chi connectivity index (χ4n) is 1.48. The number of fused-ring (bicyclic) bond motifs is 1. The molecule has 0 aliphatic carbocycles. The summed E-state index contributed by atoms with van der Waals surface area (Å²) in [5.41, 5.74) is 1.54. The minimum atomic E-state index is -0.373. The van der Waals surface area contributed by atoms with Crippen LogP contribution in [0.2, 0.25) is 0 Å². The van der Waals surface area contributed by atoms with Crippen LogP contribution in [0.15, 0.2) is 12.1 Å². The van der Waals surface area contributed by atoms with Crippen molar-refractivity contribution in [3.05, 3.63) is 23.6 Å². The number of ether oxygens (including phenoxy) is 1. The number of hydrogen-bond acceptors (Lipinski definition) is 2. The molecule has 1 aromatic carbocycles. The van der Waals surface area contributed by atoms with Gasteiger partial charge in [-0.15, -0.1) is 0 Å². The Morgan fingerprint density at radius 3 is 2.53 bits per heavy atom. The third-order valence-corrected chi connectivity index (χ3v) is 2.16. The van der Waals surface area contributed by atoms with Gasteiger partial charge < -0.3 is 4.74 Å². The predicted molar refractivity (Wildman–Crippen MR) is 67.9 cm³/mol. The third-order valence-electron chi connectivity index (χ3n) is 2.16. The van der Waals surface area contributed by atoms with Crippen LogP contribution in [0.25, 0.3) is 10.9 Å². The monoisotopic (exact) mass is 238 g/mol. The molecule has 0 saturated carbocycles. The smallest absolute Gasteiger partial charge is 0.167 e. The van der Waals surface area contributed by atoms with E-state index in [1.165, 1.54) is 6.07 Å². The second-order valence-electron chi connectivity index (χ2n) is 3.81. The van der Waals surface area contributed by atoms with Crippen LogP contribution in [0.4, 0.5) is 4.39 Å². The number of aromatic amines is 1. The maximum atomic E-state index is 13.5. The Morgan fingerprint density at radius 2 is 1.94 bits per heavy atom. The van der Waals surface area contributed by atoms with Gasteiger partial charge in [-0.25, -0.2) is 4.39 Å². The lowest BCUT2D eigenvalue weighted by Gasteiger charge is -2.10. The number of nitrogens with one attached hydrogen (secondary N) is 1. The largest absolute Gasteiger partial charge is 0.488 e. The summed E-state index contributed by atoms with van der Waals surface area (Å²) in [5, 5.41) is 7.69. The molecule has 0 radical (unpaired) electrons. The molecule has 1 heterocycles. The first-order valence-corrected chi connectivity index (χ1v) is 5.89. The van der Waals surface area contributed by atoms with Crippen LogP contribution in [-0.2, 0) is 0 Å². The first kappa shape index (κ1) is 13.5. The highest BCUT2D eigenvalue weighted by Gasteiger charge is 2.10. The molecular formula is C13H19FN2O. The first-order valence-electron chi connectivity index (χ1n) is 5.89. The molecular weight excluding hydrogens is 219 g/mol. The molecule has 3 nitrogen and oxygen atoms in total. The molecule has 0 saturated heterocycles. The number of H-pyrrole nitrogens is 1. The van der Waals surface area contributed by atoms with E-state index in [0.29, 0.717) is 5.52 Å². The molecule has 0 atom stereocenters. The zero-order chi connectivity index (χ0) is 13.0. The number of halogens is 1. The van der Waals surface area contributed by atoms with Crippen molar-refractivity contribution in [2.24, 2.45) is 0 Å². The van der Waals surface area contributed by atoms with Gasteiger partial charge in [-0.1, -0.05) is 13.8 Å². The zero-order valence-corrected chi connectivity index (χ0v) is 11.0. The summed E-state index contributed by atoms with van der Waals surface area (Å²) in [6.45, 7) is 9.63. The summed E-state index contributed by atoms with van der Waals surface area (Å²) < 4.78 is 18.9. The van der Waals surface area contributed by atoms with Crippen molar-refractivity contribution in [3.8, 4) is 5.75 Å². The van der Waals surface area contributed by atoms with E-state index in [1.807, 2.05) is 34.6 Å². The molecule has 0 unspecified atom stereocenters. The second-order valence-corrected chi connectivity index (χ2v) is 3.81. The normalized spacial score (nSPS) is 10.3. The fourth-order valence-corrected chi connectivity index (χ4v) is 1.48. The van der Waals surface area contributed by atoms with E-state index >= 15 is 0 Å². The summed E-state index contributed by atoms with van der Waals surface area (Å²) in [4.78, 5) is 0. The van der Waals surface area contributed by atoms with Gasteiger partial charge >= 0.3 is 0 Å². The predicted octanol–water partition coefficient (Wildman–Crippen LogP) is 3.82. The van der Waals surface area contributed by atoms with E-state index in [2.05, 4.69) is 10.2 Å². The summed E-state index contributed by atoms with van der Waals surface area (Å²) in [6.07, 6.45) is -0.0378. The van der Waals surface area contributed by atoms with Crippen LogP contribution in [0.1, 0.15) is 33.4 Å². The van der Waals surface area contributed by atoms with Gasteiger partial charge in [0.05, 0.1) is 11.6 Å². The van der Waals surface area contributed by atoms with Crippen LogP contribution in [0, 0.1) is 12.7 Å². The van der Waals surface area contributed by atoms with E-state index in [9.17, 15) is 4.39 Å². The topological polar surface area (TPSA) is 37.9 Å². The summed E-state index contributed by atoms with van der Waals surface area (Å²) in [7, 11) is 0. The first-order chi connectivity index (χ1) is 8.08. The Hall–Kier alpha value is -1.58. The van der Waals surface area contributed by atoms with Gasteiger partial charge in [-0.3, -0.25) is 5.10 Å². The zero-order valence-electron chi connectivity index (χ0n) is 11.0. The Balaban J connectivity index is 0.000000686. The molecule has 0 fully saturated rings. The average Bonchev–Trinajstić information content (AvgIpc) is 2.63. The highest BCUT2D eigenvalue weighted by Crippen LogP contribution is 2.26. The van der Waals surface area contributed by atoms with Crippen molar-refractivity contribution in [2.45, 2.75) is 40.7 Å². The summed E-state index contributed by atoms with van der Waals surface area (Å²) in [5.74, 6) is -0.0929. The standard InChI is InChI=1S/C11H13FN2O.C2H6/c1-6(2)15-11-4-8-7(3)13-14-10(8)5-9(11)12;1-2/h4-6H,1-3H3,(H,13,14);1-2H3. The van der Waals surface area contributed by atoms with Crippen LogP contribution < -0.4 is 4.74 Å². The van der Waals surface area contributed by atoms with Gasteiger partial charge in [0, 0.05) is 17.1 Å². The lowest BCUT2D eigenvalue weighted by Crippen LogP contribution is -2.06. The second kappa shape index (κ2) is 5.66. The number of aryl methyl sites for hydroxylation is 1. The molecule has 0 bridgehead atoms. The number of benzene rings is 1. The molecule has 4 heteroatoms. The average molecular weight is 238 g/mol. The maximum absolute atomic E-state index is 13.5. The van der Waals surface area contributed by atoms with Crippen molar-refractivity contribution in [2.75, 3.05) is 0 Å². The van der Waals surface area contributed by atoms with Crippen LogP contribution in [0.5, 0.6) is 5.75 Å². The number of hydrogen-bond donors (Lipinski definition) is 1. The highest BCUT2D eigenvalue weighted by atomic mass is 19.1. The fraction of sp³-hybridized carbons (Fsp3) is 0.462. The highest BCUT2D eigenvalue weighted by molar-refractivity contribution is 5.82. The molecule has 1 aromatic heterocycles. The molecule has 94 valence electrons. The molecule has 0 spiro atoms. The third kappa shape index (κ3) is 2.96. The van der Waals surface area contributed by atoms with Crippen molar-refractivity contribution in [1.82, 2.24) is 10.2 Å². The van der Waals surface area contributed by atoms with Crippen LogP contribution in [0.3, 0.4) is 0 Å². The lowest BCUT2D eigenvalue weighted by molar-refractivity contribution is 0.231. The van der Waals surface area contributed by atoms with E-state index in [-0.39, 0.29) is 17.7 Å². The Morgan fingerprint density at radius 1 is 1.29 bits per heavy atom. The van der Waals surface area contributed by atoms with Gasteiger partial charge in [-0.2, -0.15) is 5.10 Å². The minimum Gasteiger partial charge on any atom is -0.488 e. The van der Waals surface area contributed by atoms with Gasteiger partial charge in [0.1, 0.15) is 0 Å². The van der Waals surface area contributed by atoms with Crippen LogP contribution in [-0.4, -0.2) is 16.3 Å². The van der Waals surface area contributed by atoms with Crippen molar-refractivity contribution in [1.29, 1.82) is 0 Å². The quantitative estimate of drug-likeness (QED) is 0.863. The maximum Gasteiger partial charge on any atom is 0.167 e. The van der Waals surface area contributed by atoms with Gasteiger partial charge in [0.15, 0.2) is 11.6 Å². The number of nitrogens with zero attached hydrogens (tertiary/aromatic N) is 1. The number of aromatic nitrogens is 2. The van der Waals surface area contributed by atoms with Gasteiger partial charge in [-0.05, 0) is 26.8 Å². The lowest BCUT2D eigenvalue weighted by atomic mass is 10.2. The minimum absolute atomic E-state index is 0.0378. The summed E-state index contributed by atoms with van der Waals surface area (Å²) >= 11 is 0. The van der Waals surface area contributed by atoms with E-state index < -0.39 is 0 Å². The molecule has 1 N–H and O–H groups in total. The van der Waals surface area contributed by atoms with E-state index in [0.717, 1.165) is 11.1 Å². The van der Waals surface area contributed by atoms with Gasteiger partial charge in [0.25, 0.3) is 0 Å². The Bertz CT molecular complexity index is 491.